The lowest BCUT2D eigenvalue weighted by molar-refractivity contribution is -0.133. The highest BCUT2D eigenvalue weighted by Crippen LogP contribution is 2.25. The van der Waals surface area contributed by atoms with Gasteiger partial charge >= 0.3 is 0 Å². The number of para-hydroxylation sites is 1. The van der Waals surface area contributed by atoms with Gasteiger partial charge in [-0.15, -0.1) is 0 Å². The molecule has 4 rings (SSSR count). The number of halogens is 1. The van der Waals surface area contributed by atoms with Crippen LogP contribution in [0, 0.1) is 5.82 Å². The van der Waals surface area contributed by atoms with Crippen LogP contribution in [-0.2, 0) is 11.2 Å². The average molecular weight is 378 g/mol. The molecule has 5 nitrogen and oxygen atoms in total. The first-order valence-corrected chi connectivity index (χ1v) is 9.52. The van der Waals surface area contributed by atoms with Gasteiger partial charge in [0.2, 0.25) is 5.91 Å². The molecule has 1 N–H and O–H groups in total. The first kappa shape index (κ1) is 18.4. The number of nitrogens with zero attached hydrogens (tertiary/aromatic N) is 3. The highest BCUT2D eigenvalue weighted by molar-refractivity contribution is 5.81. The highest BCUT2D eigenvalue weighted by Gasteiger charge is 2.25. The first-order valence-electron chi connectivity index (χ1n) is 9.52. The van der Waals surface area contributed by atoms with E-state index in [1.54, 1.807) is 16.8 Å². The van der Waals surface area contributed by atoms with Crippen molar-refractivity contribution in [1.29, 1.82) is 0 Å². The zero-order valence-electron chi connectivity index (χ0n) is 15.8. The number of hydrogen-bond acceptors (Lipinski definition) is 3. The van der Waals surface area contributed by atoms with Crippen LogP contribution in [-0.4, -0.2) is 46.3 Å². The van der Waals surface area contributed by atoms with Crippen LogP contribution in [0.3, 0.4) is 0 Å². The lowest BCUT2D eigenvalue weighted by atomic mass is 10.0. The van der Waals surface area contributed by atoms with E-state index in [9.17, 15) is 9.18 Å². The predicted molar refractivity (Wildman–Crippen MR) is 107 cm³/mol. The number of piperazine rings is 1. The number of carbonyl (C=O) groups is 1. The molecule has 6 heteroatoms. The molecular weight excluding hydrogens is 355 g/mol. The second-order valence-electron chi connectivity index (χ2n) is 7.11. The highest BCUT2D eigenvalue weighted by atomic mass is 19.1. The van der Waals surface area contributed by atoms with Crippen molar-refractivity contribution in [2.24, 2.45) is 0 Å². The Morgan fingerprint density at radius 3 is 2.64 bits per heavy atom. The first-order chi connectivity index (χ1) is 13.6. The van der Waals surface area contributed by atoms with E-state index in [0.717, 1.165) is 29.9 Å². The van der Waals surface area contributed by atoms with Gasteiger partial charge in [0.25, 0.3) is 0 Å². The molecule has 1 amide bonds. The predicted octanol–water partition coefficient (Wildman–Crippen LogP) is 3.04. The van der Waals surface area contributed by atoms with Gasteiger partial charge in [-0.25, -0.2) is 9.07 Å². The van der Waals surface area contributed by atoms with Crippen molar-refractivity contribution in [3.63, 3.8) is 0 Å². The number of rotatable bonds is 4. The quantitative estimate of drug-likeness (QED) is 0.759. The van der Waals surface area contributed by atoms with Crippen LogP contribution in [0.5, 0.6) is 0 Å². The van der Waals surface area contributed by atoms with E-state index in [1.165, 1.54) is 12.1 Å². The Hall–Kier alpha value is -2.99. The Morgan fingerprint density at radius 2 is 1.93 bits per heavy atom. The number of aromatic nitrogens is 2. The van der Waals surface area contributed by atoms with Gasteiger partial charge in [0.1, 0.15) is 5.82 Å². The molecule has 2 aromatic carbocycles. The fourth-order valence-electron chi connectivity index (χ4n) is 3.58. The molecule has 144 valence electrons. The summed E-state index contributed by atoms with van der Waals surface area (Å²) in [5.41, 5.74) is 3.26. The largest absolute Gasteiger partial charge is 0.337 e. The average Bonchev–Trinajstić information content (AvgIpc) is 3.13. The molecule has 0 unspecified atom stereocenters. The number of benzene rings is 2. The molecule has 0 bridgehead atoms. The van der Waals surface area contributed by atoms with Crippen molar-refractivity contribution >= 4 is 5.91 Å². The summed E-state index contributed by atoms with van der Waals surface area (Å²) < 4.78 is 15.2. The fourth-order valence-corrected chi connectivity index (χ4v) is 3.58. The molecule has 2 heterocycles. The molecule has 1 aliphatic rings. The van der Waals surface area contributed by atoms with Crippen LogP contribution in [0.2, 0.25) is 0 Å². The zero-order valence-corrected chi connectivity index (χ0v) is 15.8. The van der Waals surface area contributed by atoms with Crippen molar-refractivity contribution in [2.75, 3.05) is 19.6 Å². The lowest BCUT2D eigenvalue weighted by Crippen LogP contribution is -2.52. The molecule has 1 fully saturated rings. The minimum atomic E-state index is -0.293. The molecule has 0 spiro atoms. The third-order valence-electron chi connectivity index (χ3n) is 5.09. The molecule has 0 aliphatic carbocycles. The van der Waals surface area contributed by atoms with E-state index >= 15 is 0 Å². The molecule has 0 saturated carbocycles. The summed E-state index contributed by atoms with van der Waals surface area (Å²) in [4.78, 5) is 14.9. The standard InChI is InChI=1S/C22H23FN4O/c1-16-14-24-11-12-26(16)21(28)13-18-15-27(20-5-3-2-4-6-20)25-22(18)17-7-9-19(23)10-8-17/h2-10,15-16,24H,11-14H2,1H3/t16-/m0/s1. The third-order valence-corrected chi connectivity index (χ3v) is 5.09. The van der Waals surface area contributed by atoms with Crippen LogP contribution < -0.4 is 5.32 Å². The number of nitrogens with one attached hydrogen (secondary N) is 1. The fraction of sp³-hybridized carbons (Fsp3) is 0.273. The summed E-state index contributed by atoms with van der Waals surface area (Å²) in [6.07, 6.45) is 2.17. The maximum Gasteiger partial charge on any atom is 0.227 e. The normalized spacial score (nSPS) is 16.9. The molecule has 1 atom stereocenters. The molecule has 0 radical (unpaired) electrons. The van der Waals surface area contributed by atoms with Crippen molar-refractivity contribution in [3.8, 4) is 16.9 Å². The Morgan fingerprint density at radius 1 is 1.18 bits per heavy atom. The van der Waals surface area contributed by atoms with Crippen LogP contribution in [0.1, 0.15) is 12.5 Å². The zero-order chi connectivity index (χ0) is 19.5. The number of hydrogen-bond donors (Lipinski definition) is 1. The third kappa shape index (κ3) is 3.82. The van der Waals surface area contributed by atoms with Gasteiger partial charge in [-0.1, -0.05) is 18.2 Å². The minimum absolute atomic E-state index is 0.0879. The van der Waals surface area contributed by atoms with Crippen LogP contribution in [0.4, 0.5) is 4.39 Å². The molecule has 1 aliphatic heterocycles. The second kappa shape index (κ2) is 7.94. The van der Waals surface area contributed by atoms with Gasteiger partial charge in [-0.2, -0.15) is 5.10 Å². The summed E-state index contributed by atoms with van der Waals surface area (Å²) in [6, 6.07) is 16.2. The van der Waals surface area contributed by atoms with E-state index in [1.807, 2.05) is 41.4 Å². The maximum absolute atomic E-state index is 13.4. The number of amides is 1. The van der Waals surface area contributed by atoms with E-state index in [4.69, 9.17) is 5.10 Å². The van der Waals surface area contributed by atoms with E-state index in [0.29, 0.717) is 12.2 Å². The topological polar surface area (TPSA) is 50.2 Å². The van der Waals surface area contributed by atoms with Gasteiger partial charge in [0, 0.05) is 43.0 Å². The van der Waals surface area contributed by atoms with Crippen LogP contribution in [0.15, 0.2) is 60.8 Å². The van der Waals surface area contributed by atoms with E-state index in [2.05, 4.69) is 12.2 Å². The summed E-state index contributed by atoms with van der Waals surface area (Å²) in [7, 11) is 0. The summed E-state index contributed by atoms with van der Waals surface area (Å²) in [6.45, 7) is 4.38. The summed E-state index contributed by atoms with van der Waals surface area (Å²) >= 11 is 0. The van der Waals surface area contributed by atoms with E-state index < -0.39 is 0 Å². The smallest absolute Gasteiger partial charge is 0.227 e. The monoisotopic (exact) mass is 378 g/mol. The Balaban J connectivity index is 1.69. The van der Waals surface area contributed by atoms with Gasteiger partial charge in [-0.3, -0.25) is 4.79 Å². The van der Waals surface area contributed by atoms with Crippen molar-refractivity contribution in [3.05, 3.63) is 72.2 Å². The van der Waals surface area contributed by atoms with Gasteiger partial charge in [0.05, 0.1) is 17.8 Å². The summed E-state index contributed by atoms with van der Waals surface area (Å²) in [5.74, 6) is -0.205. The Labute approximate surface area is 163 Å². The molecule has 1 saturated heterocycles. The summed E-state index contributed by atoms with van der Waals surface area (Å²) in [5, 5.41) is 8.01. The van der Waals surface area contributed by atoms with Gasteiger partial charge in [0.15, 0.2) is 0 Å². The Kier molecular flexibility index (Phi) is 5.21. The van der Waals surface area contributed by atoms with Gasteiger partial charge in [-0.05, 0) is 43.3 Å². The second-order valence-corrected chi connectivity index (χ2v) is 7.11. The molecule has 3 aromatic rings. The van der Waals surface area contributed by atoms with Crippen molar-refractivity contribution in [2.45, 2.75) is 19.4 Å². The Bertz CT molecular complexity index is 952. The lowest BCUT2D eigenvalue weighted by Gasteiger charge is -2.34. The maximum atomic E-state index is 13.4. The minimum Gasteiger partial charge on any atom is -0.337 e. The van der Waals surface area contributed by atoms with Gasteiger partial charge < -0.3 is 10.2 Å². The van der Waals surface area contributed by atoms with Crippen molar-refractivity contribution in [1.82, 2.24) is 20.0 Å². The molecular formula is C22H23FN4O. The van der Waals surface area contributed by atoms with E-state index in [-0.39, 0.29) is 24.2 Å². The number of carbonyl (C=O) groups excluding carboxylic acids is 1. The van der Waals surface area contributed by atoms with Crippen LogP contribution >= 0.6 is 0 Å². The van der Waals surface area contributed by atoms with Crippen molar-refractivity contribution < 1.29 is 9.18 Å². The SMILES string of the molecule is C[C@H]1CNCCN1C(=O)Cc1cn(-c2ccccc2)nc1-c1ccc(F)cc1. The molecule has 1 aromatic heterocycles. The molecule has 28 heavy (non-hydrogen) atoms. The van der Waals surface area contributed by atoms with Crippen LogP contribution in [0.25, 0.3) is 16.9 Å².